The molecule has 0 saturated heterocycles. The maximum atomic E-state index is 6.06. The van der Waals surface area contributed by atoms with Crippen LogP contribution in [0.2, 0.25) is 0 Å². The molecule has 0 aliphatic carbocycles. The third-order valence-corrected chi connectivity index (χ3v) is 8.65. The smallest absolute Gasteiger partial charge is 0.135 e. The number of allylic oxidation sites excluding steroid dienone is 1. The van der Waals surface area contributed by atoms with Gasteiger partial charge >= 0.3 is 0 Å². The Kier molecular flexibility index (Phi) is 5.76. The van der Waals surface area contributed by atoms with Crippen LogP contribution in [0, 0.1) is 5.41 Å². The number of furan rings is 1. The van der Waals surface area contributed by atoms with Crippen LogP contribution < -0.4 is 9.75 Å². The lowest BCUT2D eigenvalue weighted by atomic mass is 9.78. The summed E-state index contributed by atoms with van der Waals surface area (Å²) in [5.74, 6) is 0. The van der Waals surface area contributed by atoms with Crippen LogP contribution in [0.15, 0.2) is 77.7 Å². The first kappa shape index (κ1) is 23.6. The molecule has 0 bridgehead atoms. The molecule has 0 radical (unpaired) electrons. The van der Waals surface area contributed by atoms with Crippen molar-refractivity contribution in [3.05, 3.63) is 94.2 Å². The van der Waals surface area contributed by atoms with E-state index >= 15 is 0 Å². The maximum Gasteiger partial charge on any atom is 0.135 e. The quantitative estimate of drug-likeness (QED) is 0.252. The van der Waals surface area contributed by atoms with Gasteiger partial charge in [0.25, 0.3) is 0 Å². The topological polar surface area (TPSA) is 13.1 Å². The van der Waals surface area contributed by atoms with Gasteiger partial charge in [-0.3, -0.25) is 0 Å². The van der Waals surface area contributed by atoms with E-state index < -0.39 is 0 Å². The minimum Gasteiger partial charge on any atom is -0.456 e. The minimum absolute atomic E-state index is 0.0190. The van der Waals surface area contributed by atoms with Crippen molar-refractivity contribution in [3.8, 4) is 0 Å². The Morgan fingerprint density at radius 2 is 1.63 bits per heavy atom. The minimum atomic E-state index is -0.0190. The van der Waals surface area contributed by atoms with E-state index in [0.717, 1.165) is 17.6 Å². The molecule has 0 aliphatic heterocycles. The van der Waals surface area contributed by atoms with Crippen molar-refractivity contribution in [1.29, 1.82) is 0 Å². The molecule has 2 heterocycles. The third kappa shape index (κ3) is 4.25. The summed E-state index contributed by atoms with van der Waals surface area (Å²) < 4.78 is 8.77. The predicted molar refractivity (Wildman–Crippen MR) is 155 cm³/mol. The molecule has 0 N–H and O–H groups in total. The van der Waals surface area contributed by atoms with E-state index in [4.69, 9.17) is 4.42 Å². The molecule has 2 heteroatoms. The summed E-state index contributed by atoms with van der Waals surface area (Å²) in [6, 6.07) is 22.0. The molecule has 2 aromatic heterocycles. The van der Waals surface area contributed by atoms with Gasteiger partial charge in [-0.2, -0.15) is 0 Å². The predicted octanol–water partition coefficient (Wildman–Crippen LogP) is 8.50. The molecule has 178 valence electrons. The molecule has 0 amide bonds. The fraction of sp³-hybridized carbons (Fsp3) is 0.273. The van der Waals surface area contributed by atoms with Gasteiger partial charge in [-0.1, -0.05) is 89.3 Å². The molecular weight excluding hydrogens is 444 g/mol. The highest BCUT2D eigenvalue weighted by Gasteiger charge is 2.23. The van der Waals surface area contributed by atoms with E-state index in [1.165, 1.54) is 47.3 Å². The molecule has 1 nitrogen and oxygen atoms in total. The molecule has 0 unspecified atom stereocenters. The Balaban J connectivity index is 1.59. The van der Waals surface area contributed by atoms with Gasteiger partial charge in [0.15, 0.2) is 0 Å². The average Bonchev–Trinajstić information content (AvgIpc) is 3.35. The average molecular weight is 479 g/mol. The molecule has 0 spiro atoms. The van der Waals surface area contributed by atoms with Crippen molar-refractivity contribution in [2.45, 2.75) is 53.4 Å². The monoisotopic (exact) mass is 478 g/mol. The maximum absolute atomic E-state index is 6.06. The highest BCUT2D eigenvalue weighted by Crippen LogP contribution is 2.35. The molecule has 0 atom stereocenters. The van der Waals surface area contributed by atoms with E-state index in [-0.39, 0.29) is 10.8 Å². The summed E-state index contributed by atoms with van der Waals surface area (Å²) in [5, 5.41) is 5.01. The molecule has 3 aromatic carbocycles. The van der Waals surface area contributed by atoms with Crippen molar-refractivity contribution in [2.24, 2.45) is 5.41 Å². The fourth-order valence-corrected chi connectivity index (χ4v) is 6.32. The number of thiophene rings is 1. The van der Waals surface area contributed by atoms with E-state index in [1.807, 2.05) is 29.5 Å². The molecule has 5 aromatic rings. The first-order chi connectivity index (χ1) is 16.6. The Hall–Kier alpha value is -3.10. The van der Waals surface area contributed by atoms with Crippen molar-refractivity contribution >= 4 is 55.0 Å². The number of hydrogen-bond acceptors (Lipinski definition) is 2. The number of para-hydroxylation sites is 1. The van der Waals surface area contributed by atoms with E-state index in [2.05, 4.69) is 103 Å². The van der Waals surface area contributed by atoms with Crippen molar-refractivity contribution in [2.75, 3.05) is 0 Å². The zero-order valence-corrected chi connectivity index (χ0v) is 22.5. The first-order valence-electron chi connectivity index (χ1n) is 12.4. The van der Waals surface area contributed by atoms with Crippen LogP contribution in [-0.2, 0) is 11.8 Å². The molecule has 5 rings (SSSR count). The number of hydrogen-bond donors (Lipinski definition) is 0. The number of fused-ring (bicyclic) bond motifs is 4. The van der Waals surface area contributed by atoms with Gasteiger partial charge in [-0.25, -0.2) is 0 Å². The second-order valence-corrected chi connectivity index (χ2v) is 12.4. The van der Waals surface area contributed by atoms with Gasteiger partial charge in [0.2, 0.25) is 0 Å². The van der Waals surface area contributed by atoms with Gasteiger partial charge in [-0.15, -0.1) is 11.3 Å². The molecule has 0 aliphatic rings. The Morgan fingerprint density at radius 3 is 2.37 bits per heavy atom. The Labute approximate surface area is 212 Å². The van der Waals surface area contributed by atoms with Crippen LogP contribution in [0.1, 0.15) is 52.7 Å². The standard InChI is InChI=1S/C33H34OS/c1-8-11-25-27-18-22(14-17-30(27)35-31(25)21(2)32(3,4)5)20-33(6,7)23-15-16-29-26(19-23)24-12-9-10-13-28(24)34-29/h8-19H,1,20H2,2-7H3/b25-11-,31-21-. The van der Waals surface area contributed by atoms with Crippen molar-refractivity contribution in [1.82, 2.24) is 0 Å². The summed E-state index contributed by atoms with van der Waals surface area (Å²) in [6.07, 6.45) is 5.06. The summed E-state index contributed by atoms with van der Waals surface area (Å²) in [6.45, 7) is 17.8. The van der Waals surface area contributed by atoms with Crippen LogP contribution in [0.5, 0.6) is 0 Å². The van der Waals surface area contributed by atoms with Gasteiger partial charge in [0.1, 0.15) is 11.2 Å². The second kappa shape index (κ2) is 8.53. The van der Waals surface area contributed by atoms with Crippen LogP contribution >= 0.6 is 11.3 Å². The zero-order chi connectivity index (χ0) is 25.0. The third-order valence-electron chi connectivity index (χ3n) is 7.35. The van der Waals surface area contributed by atoms with E-state index in [0.29, 0.717) is 0 Å². The Morgan fingerprint density at radius 1 is 0.886 bits per heavy atom. The molecular formula is C33H34OS. The lowest BCUT2D eigenvalue weighted by molar-refractivity contribution is 0.523. The van der Waals surface area contributed by atoms with Crippen molar-refractivity contribution < 1.29 is 4.42 Å². The summed E-state index contributed by atoms with van der Waals surface area (Å²) in [4.78, 5) is 0. The zero-order valence-electron chi connectivity index (χ0n) is 21.7. The van der Waals surface area contributed by atoms with E-state index in [9.17, 15) is 0 Å². The highest BCUT2D eigenvalue weighted by molar-refractivity contribution is 7.17. The molecule has 0 saturated carbocycles. The van der Waals surface area contributed by atoms with Gasteiger partial charge in [0, 0.05) is 30.6 Å². The van der Waals surface area contributed by atoms with Gasteiger partial charge in [0.05, 0.1) is 0 Å². The first-order valence-corrected chi connectivity index (χ1v) is 13.2. The highest BCUT2D eigenvalue weighted by atomic mass is 32.1. The van der Waals surface area contributed by atoms with Crippen LogP contribution in [0.3, 0.4) is 0 Å². The second-order valence-electron chi connectivity index (χ2n) is 11.3. The summed E-state index contributed by atoms with van der Waals surface area (Å²) >= 11 is 1.90. The molecule has 0 fully saturated rings. The van der Waals surface area contributed by atoms with Crippen molar-refractivity contribution in [3.63, 3.8) is 0 Å². The SMILES string of the molecule is C=C/C=c1\c(=C(/C)C(C)(C)C)sc2ccc(CC(C)(C)c3ccc4oc5ccccc5c4c3)cc12. The van der Waals surface area contributed by atoms with E-state index in [1.54, 1.807) is 0 Å². The number of rotatable bonds is 4. The van der Waals surface area contributed by atoms with Gasteiger partial charge < -0.3 is 4.42 Å². The van der Waals surface area contributed by atoms with Gasteiger partial charge in [-0.05, 0) is 65.6 Å². The Bertz CT molecular complexity index is 1700. The lowest BCUT2D eigenvalue weighted by Crippen LogP contribution is -2.25. The number of benzene rings is 3. The van der Waals surface area contributed by atoms with Crippen LogP contribution in [-0.4, -0.2) is 0 Å². The molecule has 35 heavy (non-hydrogen) atoms. The summed E-state index contributed by atoms with van der Waals surface area (Å²) in [5.41, 5.74) is 6.13. The summed E-state index contributed by atoms with van der Waals surface area (Å²) in [7, 11) is 0. The normalized spacial score (nSPS) is 14.3. The van der Waals surface area contributed by atoms with Crippen LogP contribution in [0.4, 0.5) is 0 Å². The lowest BCUT2D eigenvalue weighted by Gasteiger charge is -2.25. The largest absolute Gasteiger partial charge is 0.456 e. The van der Waals surface area contributed by atoms with Crippen LogP contribution in [0.25, 0.3) is 43.7 Å². The fourth-order valence-electron chi connectivity index (χ4n) is 4.94.